The van der Waals surface area contributed by atoms with Crippen molar-refractivity contribution in [3.8, 4) is 21.7 Å². The number of hydrogen-bond acceptors (Lipinski definition) is 7. The molecule has 4 rings (SSSR count). The van der Waals surface area contributed by atoms with Crippen LogP contribution in [0.15, 0.2) is 55.5 Å². The number of carbonyl (C=O) groups excluding carboxylic acids is 1. The minimum Gasteiger partial charge on any atom is -0.292 e. The third-order valence-corrected chi connectivity index (χ3v) is 5.62. The van der Waals surface area contributed by atoms with Crippen molar-refractivity contribution in [3.05, 3.63) is 77.3 Å². The van der Waals surface area contributed by atoms with Gasteiger partial charge in [-0.1, -0.05) is 6.07 Å². The highest BCUT2D eigenvalue weighted by Crippen LogP contribution is 2.26. The molecule has 7 heteroatoms. The maximum absolute atomic E-state index is 12.6. The first kappa shape index (κ1) is 19.0. The third kappa shape index (κ3) is 4.41. The number of Topliss-reactive ketones (excluding diaryl/α,β-unsaturated/α-hetero) is 1. The molecule has 0 N–H and O–H groups in total. The second kappa shape index (κ2) is 8.36. The first-order valence-corrected chi connectivity index (χ1v) is 10.0. The summed E-state index contributed by atoms with van der Waals surface area (Å²) in [6, 6.07) is 6.08. The Morgan fingerprint density at radius 1 is 0.966 bits per heavy atom. The van der Waals surface area contributed by atoms with Gasteiger partial charge in [0.25, 0.3) is 0 Å². The highest BCUT2D eigenvalue weighted by atomic mass is 32.1. The van der Waals surface area contributed by atoms with Crippen molar-refractivity contribution in [2.24, 2.45) is 0 Å². The van der Waals surface area contributed by atoms with Crippen LogP contribution in [0.2, 0.25) is 0 Å². The van der Waals surface area contributed by atoms with E-state index in [-0.39, 0.29) is 5.78 Å². The molecular weight excluding hydrogens is 382 g/mol. The lowest BCUT2D eigenvalue weighted by atomic mass is 10.0. The van der Waals surface area contributed by atoms with Crippen LogP contribution in [-0.4, -0.2) is 30.7 Å². The van der Waals surface area contributed by atoms with Gasteiger partial charge in [-0.05, 0) is 43.5 Å². The number of pyridine rings is 2. The van der Waals surface area contributed by atoms with E-state index in [4.69, 9.17) is 0 Å². The van der Waals surface area contributed by atoms with Crippen LogP contribution in [0, 0.1) is 13.8 Å². The highest BCUT2D eigenvalue weighted by molar-refractivity contribution is 7.17. The van der Waals surface area contributed by atoms with Gasteiger partial charge in [0, 0.05) is 54.2 Å². The van der Waals surface area contributed by atoms with Crippen LogP contribution in [0.4, 0.5) is 0 Å². The van der Waals surface area contributed by atoms with E-state index in [1.807, 2.05) is 32.2 Å². The van der Waals surface area contributed by atoms with Crippen molar-refractivity contribution in [2.45, 2.75) is 26.7 Å². The van der Waals surface area contributed by atoms with Crippen molar-refractivity contribution in [1.29, 1.82) is 0 Å². The fraction of sp³-hybridized carbons (Fsp3) is 0.182. The summed E-state index contributed by atoms with van der Waals surface area (Å²) in [5, 5.41) is 0.511. The van der Waals surface area contributed by atoms with Gasteiger partial charge in [-0.15, -0.1) is 11.3 Å². The lowest BCUT2D eigenvalue weighted by molar-refractivity contribution is 0.0982. The first-order valence-electron chi connectivity index (χ1n) is 9.23. The number of carbonyl (C=O) groups is 1. The molecule has 0 fully saturated rings. The molecule has 0 aliphatic rings. The summed E-state index contributed by atoms with van der Waals surface area (Å²) >= 11 is 1.37. The average Bonchev–Trinajstić information content (AvgIpc) is 3.23. The van der Waals surface area contributed by atoms with Crippen molar-refractivity contribution >= 4 is 17.1 Å². The van der Waals surface area contributed by atoms with E-state index in [1.54, 1.807) is 24.8 Å². The van der Waals surface area contributed by atoms with Crippen LogP contribution in [0.5, 0.6) is 0 Å². The maximum atomic E-state index is 12.6. The molecule has 0 radical (unpaired) electrons. The zero-order valence-corrected chi connectivity index (χ0v) is 17.0. The van der Waals surface area contributed by atoms with Crippen LogP contribution in [0.25, 0.3) is 21.7 Å². The van der Waals surface area contributed by atoms with Crippen molar-refractivity contribution in [2.75, 3.05) is 0 Å². The number of rotatable bonds is 6. The van der Waals surface area contributed by atoms with Crippen molar-refractivity contribution in [3.63, 3.8) is 0 Å². The molecule has 0 amide bonds. The molecule has 0 atom stereocenters. The molecule has 4 aromatic rings. The van der Waals surface area contributed by atoms with Gasteiger partial charge < -0.3 is 0 Å². The lowest BCUT2D eigenvalue weighted by Crippen LogP contribution is -2.01. The molecule has 0 unspecified atom stereocenters. The molecule has 0 saturated heterocycles. The van der Waals surface area contributed by atoms with Gasteiger partial charge in [-0.2, -0.15) is 0 Å². The minimum atomic E-state index is 0.0320. The summed E-state index contributed by atoms with van der Waals surface area (Å²) in [4.78, 5) is 34.6. The van der Waals surface area contributed by atoms with E-state index in [0.29, 0.717) is 17.8 Å². The zero-order valence-electron chi connectivity index (χ0n) is 16.2. The van der Waals surface area contributed by atoms with E-state index in [9.17, 15) is 4.79 Å². The summed E-state index contributed by atoms with van der Waals surface area (Å²) in [6.45, 7) is 4.01. The molecule has 29 heavy (non-hydrogen) atoms. The Morgan fingerprint density at radius 3 is 2.55 bits per heavy atom. The van der Waals surface area contributed by atoms with Crippen molar-refractivity contribution in [1.82, 2.24) is 24.9 Å². The SMILES string of the molecule is Cc1cc(-c2ncc(CCC(=O)c3ncc(-c4cncnc4)s3)cc2C)ccn1. The summed E-state index contributed by atoms with van der Waals surface area (Å²) in [7, 11) is 0. The minimum absolute atomic E-state index is 0.0320. The van der Waals surface area contributed by atoms with Crippen LogP contribution >= 0.6 is 11.3 Å². The molecule has 6 nitrogen and oxygen atoms in total. The molecule has 0 saturated carbocycles. The standard InChI is InChI=1S/C22H19N5OS/c1-14-7-16(9-26-21(14)17-5-6-25-15(2)8-17)3-4-19(28)22-27-12-20(29-22)18-10-23-13-24-11-18/h5-13H,3-4H2,1-2H3. The molecule has 4 aromatic heterocycles. The molecule has 0 aromatic carbocycles. The second-order valence-corrected chi connectivity index (χ2v) is 7.81. The molecular formula is C22H19N5OS. The van der Waals surface area contributed by atoms with Gasteiger partial charge in [0.1, 0.15) is 6.33 Å². The van der Waals surface area contributed by atoms with E-state index >= 15 is 0 Å². The number of hydrogen-bond donors (Lipinski definition) is 0. The summed E-state index contributed by atoms with van der Waals surface area (Å²) in [5.41, 5.74) is 5.95. The lowest BCUT2D eigenvalue weighted by Gasteiger charge is -2.08. The molecule has 0 aliphatic carbocycles. The Bertz CT molecular complexity index is 1160. The van der Waals surface area contributed by atoms with E-state index < -0.39 is 0 Å². The Labute approximate surface area is 172 Å². The monoisotopic (exact) mass is 401 g/mol. The second-order valence-electron chi connectivity index (χ2n) is 6.77. The van der Waals surface area contributed by atoms with Gasteiger partial charge in [-0.25, -0.2) is 15.0 Å². The summed E-state index contributed by atoms with van der Waals surface area (Å²) in [6.07, 6.45) is 11.3. The molecule has 0 aliphatic heterocycles. The van der Waals surface area contributed by atoms with Gasteiger partial charge in [0.15, 0.2) is 10.8 Å². The predicted molar refractivity (Wildman–Crippen MR) is 113 cm³/mol. The largest absolute Gasteiger partial charge is 0.292 e. The predicted octanol–water partition coefficient (Wildman–Crippen LogP) is 4.49. The highest BCUT2D eigenvalue weighted by Gasteiger charge is 2.13. The van der Waals surface area contributed by atoms with Crippen LogP contribution in [0.3, 0.4) is 0 Å². The maximum Gasteiger partial charge on any atom is 0.191 e. The van der Waals surface area contributed by atoms with Gasteiger partial charge in [0.05, 0.1) is 10.6 Å². The Morgan fingerprint density at radius 2 is 1.79 bits per heavy atom. The summed E-state index contributed by atoms with van der Waals surface area (Å²) in [5.74, 6) is 0.0320. The topological polar surface area (TPSA) is 81.5 Å². The van der Waals surface area contributed by atoms with Crippen LogP contribution in [0.1, 0.15) is 33.0 Å². The number of aromatic nitrogens is 5. The normalized spacial score (nSPS) is 10.8. The van der Waals surface area contributed by atoms with E-state index in [2.05, 4.69) is 31.0 Å². The Balaban J connectivity index is 1.43. The zero-order chi connectivity index (χ0) is 20.2. The number of thiazole rings is 1. The van der Waals surface area contributed by atoms with Gasteiger partial charge >= 0.3 is 0 Å². The molecule has 144 valence electrons. The number of nitrogens with zero attached hydrogens (tertiary/aromatic N) is 5. The number of ketones is 1. The Hall–Kier alpha value is -3.32. The van der Waals surface area contributed by atoms with Crippen molar-refractivity contribution < 1.29 is 4.79 Å². The third-order valence-electron chi connectivity index (χ3n) is 4.54. The number of aryl methyl sites for hydroxylation is 3. The average molecular weight is 401 g/mol. The fourth-order valence-electron chi connectivity index (χ4n) is 3.09. The Kier molecular flexibility index (Phi) is 5.48. The molecule has 0 bridgehead atoms. The summed E-state index contributed by atoms with van der Waals surface area (Å²) < 4.78 is 0. The molecule has 0 spiro atoms. The van der Waals surface area contributed by atoms with Crippen LogP contribution < -0.4 is 0 Å². The van der Waals surface area contributed by atoms with E-state index in [1.165, 1.54) is 17.7 Å². The molecule has 4 heterocycles. The van der Waals surface area contributed by atoms with Crippen LogP contribution in [-0.2, 0) is 6.42 Å². The van der Waals surface area contributed by atoms with E-state index in [0.717, 1.165) is 38.5 Å². The quantitative estimate of drug-likeness (QED) is 0.443. The van der Waals surface area contributed by atoms with Gasteiger partial charge in [0.2, 0.25) is 0 Å². The van der Waals surface area contributed by atoms with Gasteiger partial charge in [-0.3, -0.25) is 14.8 Å². The first-order chi connectivity index (χ1) is 14.1. The smallest absolute Gasteiger partial charge is 0.191 e. The fourth-order valence-corrected chi connectivity index (χ4v) is 3.95.